The molecule has 1 aliphatic heterocycles. The molecule has 2 aromatic carbocycles. The maximum absolute atomic E-state index is 12.9. The van der Waals surface area contributed by atoms with Gasteiger partial charge in [-0.2, -0.15) is 18.4 Å². The van der Waals surface area contributed by atoms with Crippen LogP contribution in [0.1, 0.15) is 24.0 Å². The second-order valence-corrected chi connectivity index (χ2v) is 7.24. The van der Waals surface area contributed by atoms with E-state index in [1.807, 2.05) is 6.07 Å². The molecule has 7 nitrogen and oxygen atoms in total. The number of nitro groups is 1. The van der Waals surface area contributed by atoms with Gasteiger partial charge in [-0.15, -0.1) is 0 Å². The number of hydrogen-bond donors (Lipinski definition) is 1. The van der Waals surface area contributed by atoms with Crippen LogP contribution >= 0.6 is 0 Å². The fraction of sp³-hybridized carbons (Fsp3) is 0.333. The first-order valence-corrected chi connectivity index (χ1v) is 9.56. The van der Waals surface area contributed by atoms with Crippen LogP contribution in [0.25, 0.3) is 0 Å². The van der Waals surface area contributed by atoms with Crippen molar-refractivity contribution >= 4 is 23.0 Å². The highest BCUT2D eigenvalue weighted by Gasteiger charge is 2.34. The third-order valence-electron chi connectivity index (χ3n) is 5.21. The van der Waals surface area contributed by atoms with E-state index in [1.54, 1.807) is 29.2 Å². The minimum Gasteiger partial charge on any atom is -0.366 e. The second-order valence-electron chi connectivity index (χ2n) is 7.24. The molecule has 0 bridgehead atoms. The van der Waals surface area contributed by atoms with E-state index in [1.165, 1.54) is 0 Å². The summed E-state index contributed by atoms with van der Waals surface area (Å²) in [6.07, 6.45) is -3.56. The lowest BCUT2D eigenvalue weighted by molar-refractivity contribution is -0.384. The molecular formula is C21H19F3N4O3. The van der Waals surface area contributed by atoms with E-state index in [4.69, 9.17) is 5.26 Å². The van der Waals surface area contributed by atoms with Crippen molar-refractivity contribution in [3.05, 3.63) is 63.7 Å². The molecule has 0 unspecified atom stereocenters. The first-order valence-electron chi connectivity index (χ1n) is 9.56. The largest absolute Gasteiger partial charge is 0.416 e. The minimum absolute atomic E-state index is 0.116. The highest BCUT2D eigenvalue weighted by atomic mass is 19.4. The summed E-state index contributed by atoms with van der Waals surface area (Å²) in [7, 11) is 0. The van der Waals surface area contributed by atoms with Gasteiger partial charge in [0.05, 0.1) is 23.0 Å². The van der Waals surface area contributed by atoms with Crippen LogP contribution in [0.2, 0.25) is 0 Å². The van der Waals surface area contributed by atoms with E-state index in [-0.39, 0.29) is 23.9 Å². The van der Waals surface area contributed by atoms with Crippen LogP contribution in [-0.4, -0.2) is 23.9 Å². The van der Waals surface area contributed by atoms with Gasteiger partial charge >= 0.3 is 6.18 Å². The third kappa shape index (κ3) is 5.31. The topological polar surface area (TPSA) is 99.3 Å². The summed E-state index contributed by atoms with van der Waals surface area (Å²) in [6.45, 7) is 0.622. The van der Waals surface area contributed by atoms with Crippen molar-refractivity contribution < 1.29 is 22.9 Å². The van der Waals surface area contributed by atoms with Crippen LogP contribution in [0.4, 0.5) is 30.2 Å². The SMILES string of the molecule is N#CCc1ccc(NC(=O)C2CCN(c3ccc(C(F)(F)F)cc3[N+](=O)[O-])CC2)cc1. The number of nitro benzene ring substituents is 1. The smallest absolute Gasteiger partial charge is 0.366 e. The molecule has 0 aromatic heterocycles. The monoisotopic (exact) mass is 432 g/mol. The number of carbonyl (C=O) groups is 1. The van der Waals surface area contributed by atoms with Gasteiger partial charge < -0.3 is 10.2 Å². The second kappa shape index (κ2) is 9.04. The fourth-order valence-electron chi connectivity index (χ4n) is 3.54. The zero-order valence-corrected chi connectivity index (χ0v) is 16.4. The van der Waals surface area contributed by atoms with Crippen LogP contribution in [0.15, 0.2) is 42.5 Å². The van der Waals surface area contributed by atoms with Crippen LogP contribution in [0.5, 0.6) is 0 Å². The van der Waals surface area contributed by atoms with E-state index in [9.17, 15) is 28.1 Å². The van der Waals surface area contributed by atoms with Crippen molar-refractivity contribution in [2.24, 2.45) is 5.92 Å². The lowest BCUT2D eigenvalue weighted by Crippen LogP contribution is -2.38. The van der Waals surface area contributed by atoms with Crippen molar-refractivity contribution in [1.29, 1.82) is 5.26 Å². The molecule has 0 aliphatic carbocycles. The number of nitrogens with zero attached hydrogens (tertiary/aromatic N) is 3. The number of benzene rings is 2. The molecule has 2 aromatic rings. The van der Waals surface area contributed by atoms with Crippen molar-refractivity contribution in [3.8, 4) is 6.07 Å². The van der Waals surface area contributed by atoms with Gasteiger partial charge in [-0.05, 0) is 42.7 Å². The van der Waals surface area contributed by atoms with Crippen LogP contribution in [-0.2, 0) is 17.4 Å². The molecule has 31 heavy (non-hydrogen) atoms. The Balaban J connectivity index is 1.64. The Bertz CT molecular complexity index is 1010. The predicted molar refractivity (Wildman–Crippen MR) is 107 cm³/mol. The predicted octanol–water partition coefficient (Wildman–Crippen LogP) is 4.53. The average Bonchev–Trinajstić information content (AvgIpc) is 2.74. The molecule has 1 aliphatic rings. The maximum Gasteiger partial charge on any atom is 0.416 e. The number of nitriles is 1. The lowest BCUT2D eigenvalue weighted by Gasteiger charge is -2.32. The summed E-state index contributed by atoms with van der Waals surface area (Å²) in [6, 6.07) is 11.5. The lowest BCUT2D eigenvalue weighted by atomic mass is 9.95. The van der Waals surface area contributed by atoms with Crippen molar-refractivity contribution in [1.82, 2.24) is 0 Å². The Morgan fingerprint density at radius 3 is 2.39 bits per heavy atom. The molecule has 10 heteroatoms. The molecule has 3 rings (SSSR count). The molecule has 1 fully saturated rings. The minimum atomic E-state index is -4.67. The zero-order valence-electron chi connectivity index (χ0n) is 16.4. The highest BCUT2D eigenvalue weighted by molar-refractivity contribution is 5.92. The van der Waals surface area contributed by atoms with E-state index < -0.39 is 22.4 Å². The fourth-order valence-corrected chi connectivity index (χ4v) is 3.54. The molecule has 1 heterocycles. The van der Waals surface area contributed by atoms with Gasteiger partial charge in [-0.3, -0.25) is 14.9 Å². The van der Waals surface area contributed by atoms with Crippen LogP contribution in [0.3, 0.4) is 0 Å². The molecule has 162 valence electrons. The summed E-state index contributed by atoms with van der Waals surface area (Å²) in [5.74, 6) is -0.502. The number of nitrogens with one attached hydrogen (secondary N) is 1. The number of halogens is 3. The molecular weight excluding hydrogens is 413 g/mol. The summed E-state index contributed by atoms with van der Waals surface area (Å²) in [4.78, 5) is 24.7. The van der Waals surface area contributed by atoms with Crippen molar-refractivity contribution in [3.63, 3.8) is 0 Å². The number of alkyl halides is 3. The van der Waals surface area contributed by atoms with E-state index >= 15 is 0 Å². The number of piperidine rings is 1. The molecule has 1 saturated heterocycles. The highest BCUT2D eigenvalue weighted by Crippen LogP contribution is 2.37. The number of anilines is 2. The van der Waals surface area contributed by atoms with Gasteiger partial charge in [0.2, 0.25) is 5.91 Å². The van der Waals surface area contributed by atoms with Gasteiger partial charge in [0.1, 0.15) is 5.69 Å². The Morgan fingerprint density at radius 1 is 1.19 bits per heavy atom. The number of carbonyl (C=O) groups excluding carboxylic acids is 1. The Labute approximate surface area is 176 Å². The molecule has 0 atom stereocenters. The van der Waals surface area contributed by atoms with E-state index in [2.05, 4.69) is 5.32 Å². The van der Waals surface area contributed by atoms with E-state index in [0.717, 1.165) is 17.7 Å². The number of amides is 1. The molecule has 0 radical (unpaired) electrons. The van der Waals surface area contributed by atoms with Gasteiger partial charge in [0, 0.05) is 30.8 Å². The van der Waals surface area contributed by atoms with Gasteiger partial charge in [0.25, 0.3) is 5.69 Å². The first kappa shape index (κ1) is 22.1. The normalized spacial score (nSPS) is 14.7. The molecule has 1 amide bonds. The number of hydrogen-bond acceptors (Lipinski definition) is 5. The molecule has 0 spiro atoms. The van der Waals surface area contributed by atoms with E-state index in [0.29, 0.717) is 37.7 Å². The van der Waals surface area contributed by atoms with Crippen molar-refractivity contribution in [2.75, 3.05) is 23.3 Å². The van der Waals surface area contributed by atoms with Gasteiger partial charge in [-0.25, -0.2) is 0 Å². The Morgan fingerprint density at radius 2 is 1.84 bits per heavy atom. The van der Waals surface area contributed by atoms with Gasteiger partial charge in [-0.1, -0.05) is 12.1 Å². The third-order valence-corrected chi connectivity index (χ3v) is 5.21. The van der Waals surface area contributed by atoms with Crippen molar-refractivity contribution in [2.45, 2.75) is 25.4 Å². The summed E-state index contributed by atoms with van der Waals surface area (Å²) in [5, 5.41) is 22.8. The van der Waals surface area contributed by atoms with Crippen LogP contribution < -0.4 is 10.2 Å². The maximum atomic E-state index is 12.9. The molecule has 1 N–H and O–H groups in total. The Hall–Kier alpha value is -3.61. The average molecular weight is 432 g/mol. The Kier molecular flexibility index (Phi) is 6.44. The van der Waals surface area contributed by atoms with Gasteiger partial charge in [0.15, 0.2) is 0 Å². The quantitative estimate of drug-likeness (QED) is 0.553. The number of rotatable bonds is 5. The molecule has 0 saturated carbocycles. The summed E-state index contributed by atoms with van der Waals surface area (Å²) in [5.41, 5.74) is -0.113. The standard InChI is InChI=1S/C21H19F3N4O3/c22-21(23,24)16-3-6-18(19(13-16)28(30)31)27-11-8-15(9-12-27)20(29)26-17-4-1-14(2-5-17)7-10-25/h1-6,13,15H,7-9,11-12H2,(H,26,29). The first-order chi connectivity index (χ1) is 14.7. The summed E-state index contributed by atoms with van der Waals surface area (Å²) >= 11 is 0. The van der Waals surface area contributed by atoms with Crippen LogP contribution in [0, 0.1) is 27.4 Å². The zero-order chi connectivity index (χ0) is 22.6. The summed E-state index contributed by atoms with van der Waals surface area (Å²) < 4.78 is 38.7.